The number of hydrogen-bond acceptors (Lipinski definition) is 4. The minimum Gasteiger partial charge on any atom is -0.476 e. The van der Waals surface area contributed by atoms with Crippen molar-refractivity contribution < 1.29 is 19.1 Å². The Labute approximate surface area is 196 Å². The molecule has 182 valence electrons. The number of hydrogen-bond donors (Lipinski definition) is 1. The number of aromatic nitrogens is 2. The van der Waals surface area contributed by atoms with E-state index in [9.17, 15) is 9.90 Å². The molecule has 0 bridgehead atoms. The Morgan fingerprint density at radius 2 is 1.91 bits per heavy atom. The van der Waals surface area contributed by atoms with Gasteiger partial charge in [0.1, 0.15) is 6.73 Å². The normalized spacial score (nSPS) is 24.2. The maximum atomic E-state index is 11.9. The van der Waals surface area contributed by atoms with Crippen LogP contribution in [0, 0.1) is 5.41 Å². The van der Waals surface area contributed by atoms with Crippen LogP contribution in [0.2, 0.25) is 43.8 Å². The fraction of sp³-hybridized carbons (Fsp3) is 0.833. The van der Waals surface area contributed by atoms with Gasteiger partial charge < -0.3 is 14.3 Å². The Kier molecular flexibility index (Phi) is 7.22. The molecule has 0 amide bonds. The van der Waals surface area contributed by atoms with Crippen LogP contribution in [0.3, 0.4) is 0 Å². The van der Waals surface area contributed by atoms with Crippen LogP contribution < -0.4 is 0 Å². The lowest BCUT2D eigenvalue weighted by Crippen LogP contribution is -2.49. The summed E-state index contributed by atoms with van der Waals surface area (Å²) in [5.74, 6) is -0.932. The molecule has 0 aliphatic heterocycles. The molecular formula is C24H44N2O4Si2. The molecule has 1 saturated carbocycles. The van der Waals surface area contributed by atoms with Crippen molar-refractivity contribution in [1.29, 1.82) is 0 Å². The first kappa shape index (κ1) is 25.7. The van der Waals surface area contributed by atoms with Crippen molar-refractivity contribution in [2.75, 3.05) is 6.61 Å². The number of fused-ring (bicyclic) bond motifs is 1. The molecule has 32 heavy (non-hydrogen) atoms. The molecule has 2 atom stereocenters. The summed E-state index contributed by atoms with van der Waals surface area (Å²) in [6.07, 6.45) is 6.29. The predicted octanol–water partition coefficient (Wildman–Crippen LogP) is 5.94. The summed E-state index contributed by atoms with van der Waals surface area (Å²) in [7, 11) is -3.05. The third kappa shape index (κ3) is 5.39. The summed E-state index contributed by atoms with van der Waals surface area (Å²) >= 11 is 0. The van der Waals surface area contributed by atoms with Crippen LogP contribution in [-0.4, -0.2) is 50.0 Å². The lowest BCUT2D eigenvalue weighted by molar-refractivity contribution is 0.0420. The topological polar surface area (TPSA) is 73.6 Å². The molecule has 3 rings (SSSR count). The van der Waals surface area contributed by atoms with E-state index in [4.69, 9.17) is 9.16 Å². The highest BCUT2D eigenvalue weighted by Gasteiger charge is 2.51. The molecule has 1 fully saturated rings. The number of rotatable bonds is 8. The van der Waals surface area contributed by atoms with Gasteiger partial charge in [0.25, 0.3) is 0 Å². The summed E-state index contributed by atoms with van der Waals surface area (Å²) in [6, 6.07) is 1.09. The Balaban J connectivity index is 1.83. The van der Waals surface area contributed by atoms with Crippen LogP contribution in [0.1, 0.15) is 68.2 Å². The molecule has 1 heterocycles. The van der Waals surface area contributed by atoms with Crippen LogP contribution >= 0.6 is 0 Å². The van der Waals surface area contributed by atoms with Gasteiger partial charge in [-0.05, 0) is 56.3 Å². The summed E-state index contributed by atoms with van der Waals surface area (Å²) in [4.78, 5) is 11.9. The molecule has 8 heteroatoms. The van der Waals surface area contributed by atoms with Gasteiger partial charge in [-0.25, -0.2) is 9.48 Å². The number of carboxylic acids is 1. The average Bonchev–Trinajstić information content (AvgIpc) is 3.18. The fourth-order valence-corrected chi connectivity index (χ4v) is 7.10. The molecule has 0 aromatic carbocycles. The highest BCUT2D eigenvalue weighted by Crippen LogP contribution is 2.52. The molecule has 1 N–H and O–H groups in total. The average molecular weight is 481 g/mol. The minimum absolute atomic E-state index is 0.0917. The smallest absolute Gasteiger partial charge is 0.356 e. The Bertz CT molecular complexity index is 838. The number of nitrogens with zero attached hydrogens (tertiary/aromatic N) is 2. The molecule has 1 spiro atoms. The maximum absolute atomic E-state index is 11.9. The van der Waals surface area contributed by atoms with Crippen LogP contribution in [0.4, 0.5) is 0 Å². The zero-order chi connectivity index (χ0) is 23.9. The van der Waals surface area contributed by atoms with Gasteiger partial charge in [-0.3, -0.25) is 0 Å². The standard InChI is InChI=1S/C24H44N2O4Si2/c1-23(2,3)32(7,8)30-20-10-9-12-24(20)13-11-18-19(16-24)26(25-21(18)22(27)28)17-29-14-15-31(4,5)6/h20H,9-17H2,1-8H3,(H,27,28). The van der Waals surface area contributed by atoms with Crippen molar-refractivity contribution in [3.05, 3.63) is 17.0 Å². The zero-order valence-electron chi connectivity index (χ0n) is 21.5. The second-order valence-corrected chi connectivity index (χ2v) is 23.1. The van der Waals surface area contributed by atoms with E-state index in [-0.39, 0.29) is 22.3 Å². The second-order valence-electron chi connectivity index (χ2n) is 12.7. The van der Waals surface area contributed by atoms with E-state index in [1.165, 1.54) is 6.42 Å². The quantitative estimate of drug-likeness (QED) is 0.368. The van der Waals surface area contributed by atoms with Gasteiger partial charge in [0.05, 0.1) is 6.10 Å². The van der Waals surface area contributed by atoms with E-state index < -0.39 is 22.4 Å². The van der Waals surface area contributed by atoms with Crippen molar-refractivity contribution in [2.45, 2.75) is 116 Å². The van der Waals surface area contributed by atoms with Crippen molar-refractivity contribution in [3.63, 3.8) is 0 Å². The minimum atomic E-state index is -1.88. The molecule has 0 radical (unpaired) electrons. The molecule has 2 aliphatic carbocycles. The van der Waals surface area contributed by atoms with E-state index in [2.05, 4.69) is 58.6 Å². The van der Waals surface area contributed by atoms with Gasteiger partial charge in [0.2, 0.25) is 0 Å². The third-order valence-electron chi connectivity index (χ3n) is 8.04. The first-order valence-electron chi connectivity index (χ1n) is 12.2. The lowest BCUT2D eigenvalue weighted by Gasteiger charge is -2.45. The summed E-state index contributed by atoms with van der Waals surface area (Å²) in [6.45, 7) is 19.6. The lowest BCUT2D eigenvalue weighted by atomic mass is 9.70. The van der Waals surface area contributed by atoms with Gasteiger partial charge in [-0.2, -0.15) is 5.10 Å². The summed E-state index contributed by atoms with van der Waals surface area (Å²) < 4.78 is 14.8. The van der Waals surface area contributed by atoms with E-state index in [1.807, 2.05) is 4.68 Å². The molecule has 1 aromatic rings. The fourth-order valence-electron chi connectivity index (χ4n) is 4.91. The van der Waals surface area contributed by atoms with Crippen LogP contribution in [0.15, 0.2) is 0 Å². The summed E-state index contributed by atoms with van der Waals surface area (Å²) in [5, 5.41) is 14.4. The Hall–Kier alpha value is -0.966. The van der Waals surface area contributed by atoms with Gasteiger partial charge in [0, 0.05) is 31.4 Å². The SMILES string of the molecule is CC(C)(C)[Si](C)(C)OC1CCCC12CCc1c(C(=O)O)nn(COCC[Si](C)(C)C)c1C2. The van der Waals surface area contributed by atoms with Gasteiger partial charge in [0.15, 0.2) is 14.0 Å². The first-order valence-corrected chi connectivity index (χ1v) is 18.8. The second kappa shape index (κ2) is 9.00. The number of ether oxygens (including phenoxy) is 1. The van der Waals surface area contributed by atoms with Crippen molar-refractivity contribution in [1.82, 2.24) is 9.78 Å². The first-order chi connectivity index (χ1) is 14.7. The van der Waals surface area contributed by atoms with E-state index in [0.717, 1.165) is 49.4 Å². The molecule has 2 unspecified atom stereocenters. The van der Waals surface area contributed by atoms with Crippen LogP contribution in [0.5, 0.6) is 0 Å². The maximum Gasteiger partial charge on any atom is 0.356 e. The molecule has 1 aromatic heterocycles. The van der Waals surface area contributed by atoms with E-state index >= 15 is 0 Å². The van der Waals surface area contributed by atoms with Gasteiger partial charge in [-0.15, -0.1) is 0 Å². The predicted molar refractivity (Wildman–Crippen MR) is 134 cm³/mol. The van der Waals surface area contributed by atoms with E-state index in [0.29, 0.717) is 13.3 Å². The van der Waals surface area contributed by atoms with Crippen molar-refractivity contribution in [3.8, 4) is 0 Å². The molecule has 0 saturated heterocycles. The highest BCUT2D eigenvalue weighted by atomic mass is 28.4. The van der Waals surface area contributed by atoms with E-state index in [1.54, 1.807) is 0 Å². The van der Waals surface area contributed by atoms with Crippen LogP contribution in [0.25, 0.3) is 0 Å². The number of aromatic carboxylic acids is 1. The summed E-state index contributed by atoms with van der Waals surface area (Å²) in [5.41, 5.74) is 2.28. The Morgan fingerprint density at radius 1 is 1.22 bits per heavy atom. The number of carbonyl (C=O) groups is 1. The monoisotopic (exact) mass is 480 g/mol. The molecule has 6 nitrogen and oxygen atoms in total. The molecule has 2 aliphatic rings. The Morgan fingerprint density at radius 3 is 2.50 bits per heavy atom. The third-order valence-corrected chi connectivity index (χ3v) is 14.2. The van der Waals surface area contributed by atoms with Crippen LogP contribution in [-0.2, 0) is 28.7 Å². The van der Waals surface area contributed by atoms with Gasteiger partial charge >= 0.3 is 5.97 Å². The molecular weight excluding hydrogens is 436 g/mol. The van der Waals surface area contributed by atoms with Gasteiger partial charge in [-0.1, -0.05) is 46.8 Å². The van der Waals surface area contributed by atoms with Crippen molar-refractivity contribution >= 4 is 22.4 Å². The number of carboxylic acid groups (broad SMARTS) is 1. The zero-order valence-corrected chi connectivity index (χ0v) is 23.5. The highest BCUT2D eigenvalue weighted by molar-refractivity contribution is 6.76. The largest absolute Gasteiger partial charge is 0.476 e. The van der Waals surface area contributed by atoms with Crippen molar-refractivity contribution in [2.24, 2.45) is 5.41 Å².